The predicted octanol–water partition coefficient (Wildman–Crippen LogP) is 4.95. The van der Waals surface area contributed by atoms with Crippen LogP contribution in [0.4, 0.5) is 10.5 Å². The molecule has 2 atom stereocenters. The Bertz CT molecular complexity index is 2320. The first-order valence-electron chi connectivity index (χ1n) is 21.8. The van der Waals surface area contributed by atoms with Gasteiger partial charge in [0.15, 0.2) is 0 Å². The van der Waals surface area contributed by atoms with E-state index >= 15 is 0 Å². The maximum Gasteiger partial charge on any atom is 0.318 e. The second-order valence-electron chi connectivity index (χ2n) is 17.0. The second kappa shape index (κ2) is 18.7. The molecule has 60 heavy (non-hydrogen) atoms. The Labute approximate surface area is 351 Å². The fourth-order valence-electron chi connectivity index (χ4n) is 9.53. The van der Waals surface area contributed by atoms with Crippen LogP contribution >= 0.6 is 0 Å². The maximum atomic E-state index is 14.7. The number of anilines is 1. The molecule has 5 aromatic rings. The molecular weight excluding hydrogens is 757 g/mol. The number of carbonyl (C=O) groups excluding carboxylic acids is 3. The van der Waals surface area contributed by atoms with Crippen molar-refractivity contribution in [2.45, 2.75) is 76.8 Å². The average molecular weight is 815 g/mol. The van der Waals surface area contributed by atoms with Crippen molar-refractivity contribution in [3.05, 3.63) is 100 Å². The molecule has 0 spiro atoms. The van der Waals surface area contributed by atoms with Gasteiger partial charge in [-0.2, -0.15) is 5.10 Å². The fraction of sp³-hybridized carbons (Fsp3) is 0.478. The van der Waals surface area contributed by atoms with Crippen LogP contribution < -0.4 is 21.1 Å². The topological polar surface area (TPSA) is 163 Å². The van der Waals surface area contributed by atoms with Crippen LogP contribution in [0.5, 0.6) is 0 Å². The normalized spacial score (nSPS) is 18.1. The van der Waals surface area contributed by atoms with E-state index in [1.54, 1.807) is 23.5 Å². The molecule has 0 saturated carbocycles. The first-order valence-corrected chi connectivity index (χ1v) is 21.8. The number of rotatable bonds is 12. The lowest BCUT2D eigenvalue weighted by atomic mass is 9.89. The molecule has 4 N–H and O–H groups in total. The number of amides is 4. The van der Waals surface area contributed by atoms with Crippen molar-refractivity contribution in [1.82, 2.24) is 45.5 Å². The maximum absolute atomic E-state index is 14.7. The molecule has 0 radical (unpaired) electrons. The number of urea groups is 1. The number of pyridine rings is 2. The van der Waals surface area contributed by atoms with Crippen molar-refractivity contribution in [2.24, 2.45) is 5.92 Å². The van der Waals surface area contributed by atoms with Gasteiger partial charge in [-0.25, -0.2) is 4.79 Å². The van der Waals surface area contributed by atoms with E-state index in [9.17, 15) is 19.2 Å². The monoisotopic (exact) mass is 814 g/mol. The third kappa shape index (κ3) is 9.49. The summed E-state index contributed by atoms with van der Waals surface area (Å²) in [5, 5.41) is 15.5. The summed E-state index contributed by atoms with van der Waals surface area (Å²) in [7, 11) is 0. The summed E-state index contributed by atoms with van der Waals surface area (Å²) >= 11 is 0. The minimum Gasteiger partial charge on any atom is -0.368 e. The molecule has 4 amide bonds. The number of para-hydroxylation sites is 1. The molecule has 3 aliphatic heterocycles. The van der Waals surface area contributed by atoms with Crippen LogP contribution in [0.2, 0.25) is 0 Å². The van der Waals surface area contributed by atoms with Crippen molar-refractivity contribution < 1.29 is 14.4 Å². The number of piperidine rings is 2. The number of likely N-dealkylation sites (tertiary alicyclic amines) is 2. The first kappa shape index (κ1) is 41.0. The number of H-pyrrole nitrogens is 2. The number of benzene rings is 2. The van der Waals surface area contributed by atoms with Gasteiger partial charge in [-0.3, -0.25) is 24.5 Å². The van der Waals surface area contributed by atoms with Crippen molar-refractivity contribution >= 4 is 45.3 Å². The lowest BCUT2D eigenvalue weighted by Gasteiger charge is -2.39. The Hall–Kier alpha value is -5.76. The Balaban J connectivity index is 0.989. The van der Waals surface area contributed by atoms with Gasteiger partial charge in [0.25, 0.3) is 5.56 Å². The Kier molecular flexibility index (Phi) is 12.7. The highest BCUT2D eigenvalue weighted by Crippen LogP contribution is 2.28. The van der Waals surface area contributed by atoms with Crippen molar-refractivity contribution in [3.8, 4) is 0 Å². The van der Waals surface area contributed by atoms with E-state index in [0.717, 1.165) is 83.1 Å². The van der Waals surface area contributed by atoms with E-state index in [-0.39, 0.29) is 35.7 Å². The van der Waals surface area contributed by atoms with Gasteiger partial charge < -0.3 is 35.2 Å². The smallest absolute Gasteiger partial charge is 0.318 e. The van der Waals surface area contributed by atoms with E-state index in [1.165, 1.54) is 0 Å². The number of piperazine rings is 1. The van der Waals surface area contributed by atoms with Crippen LogP contribution in [0.3, 0.4) is 0 Å². The highest BCUT2D eigenvalue weighted by Gasteiger charge is 2.35. The zero-order valence-electron chi connectivity index (χ0n) is 34.9. The summed E-state index contributed by atoms with van der Waals surface area (Å²) < 4.78 is 0. The van der Waals surface area contributed by atoms with Gasteiger partial charge in [-0.15, -0.1) is 0 Å². The van der Waals surface area contributed by atoms with E-state index in [2.05, 4.69) is 47.5 Å². The predicted molar refractivity (Wildman–Crippen MR) is 234 cm³/mol. The van der Waals surface area contributed by atoms with E-state index in [1.807, 2.05) is 66.4 Å². The molecule has 3 aromatic heterocycles. The number of hydrogen-bond acceptors (Lipinski definition) is 8. The highest BCUT2D eigenvalue weighted by atomic mass is 16.2. The van der Waals surface area contributed by atoms with Gasteiger partial charge >= 0.3 is 6.03 Å². The van der Waals surface area contributed by atoms with E-state index in [4.69, 9.17) is 0 Å². The van der Waals surface area contributed by atoms with Crippen LogP contribution in [0.25, 0.3) is 21.8 Å². The molecule has 6 heterocycles. The molecule has 14 heteroatoms. The van der Waals surface area contributed by atoms with Crippen LogP contribution in [0, 0.1) is 12.8 Å². The summed E-state index contributed by atoms with van der Waals surface area (Å²) in [6.45, 7) is 10.6. The SMILES string of the molecule is CCCN1CCC(C[C@@H](NC(=O)[C@H](Cc2cc(C)c3[nH]ncc3c2)NC(=O)N2CCC(c3cc4ccccc4[nH]c3=O)CC2)C(=O)N2CCN(c3ccncc3)CC2)CC1. The molecule has 3 fully saturated rings. The quantitative estimate of drug-likeness (QED) is 0.138. The summed E-state index contributed by atoms with van der Waals surface area (Å²) in [5.74, 6) is -0.137. The molecule has 3 aliphatic rings. The molecule has 0 bridgehead atoms. The van der Waals surface area contributed by atoms with Crippen molar-refractivity contribution in [3.63, 3.8) is 0 Å². The highest BCUT2D eigenvalue weighted by molar-refractivity contribution is 5.92. The number of aromatic nitrogens is 4. The van der Waals surface area contributed by atoms with Crippen molar-refractivity contribution in [2.75, 3.05) is 63.8 Å². The van der Waals surface area contributed by atoms with Gasteiger partial charge in [0.05, 0.1) is 11.7 Å². The fourth-order valence-corrected chi connectivity index (χ4v) is 9.53. The van der Waals surface area contributed by atoms with Gasteiger partial charge in [-0.1, -0.05) is 31.2 Å². The van der Waals surface area contributed by atoms with E-state index < -0.39 is 12.1 Å². The van der Waals surface area contributed by atoms with Crippen LogP contribution in [-0.2, 0) is 16.0 Å². The Morgan fingerprint density at radius 3 is 2.33 bits per heavy atom. The Morgan fingerprint density at radius 2 is 1.58 bits per heavy atom. The van der Waals surface area contributed by atoms with Crippen LogP contribution in [0.1, 0.15) is 68.1 Å². The molecule has 14 nitrogen and oxygen atoms in total. The molecule has 8 rings (SSSR count). The van der Waals surface area contributed by atoms with Crippen LogP contribution in [0.15, 0.2) is 78.0 Å². The third-order valence-electron chi connectivity index (χ3n) is 12.9. The summed E-state index contributed by atoms with van der Waals surface area (Å²) in [4.78, 5) is 71.9. The molecule has 2 aromatic carbocycles. The summed E-state index contributed by atoms with van der Waals surface area (Å²) in [6.07, 6.45) is 10.4. The number of nitrogens with zero attached hydrogens (tertiary/aromatic N) is 6. The first-order chi connectivity index (χ1) is 29.2. The molecule has 3 saturated heterocycles. The lowest BCUT2D eigenvalue weighted by molar-refractivity contribution is -0.137. The zero-order valence-corrected chi connectivity index (χ0v) is 34.9. The number of aryl methyl sites for hydroxylation is 1. The largest absolute Gasteiger partial charge is 0.368 e. The number of hydrogen-bond donors (Lipinski definition) is 4. The number of fused-ring (bicyclic) bond motifs is 2. The van der Waals surface area contributed by atoms with Gasteiger partial charge in [0.1, 0.15) is 12.1 Å². The number of aromatic amines is 2. The van der Waals surface area contributed by atoms with Crippen LogP contribution in [-0.4, -0.2) is 124 Å². The lowest BCUT2D eigenvalue weighted by Crippen LogP contribution is -2.59. The molecule has 316 valence electrons. The minimum absolute atomic E-state index is 0.0124. The zero-order chi connectivity index (χ0) is 41.6. The third-order valence-corrected chi connectivity index (χ3v) is 12.9. The van der Waals surface area contributed by atoms with Gasteiger partial charge in [0, 0.05) is 80.2 Å². The summed E-state index contributed by atoms with van der Waals surface area (Å²) in [6, 6.07) is 15.7. The molecule has 0 aliphatic carbocycles. The Morgan fingerprint density at radius 1 is 0.833 bits per heavy atom. The van der Waals surface area contributed by atoms with Gasteiger partial charge in [0.2, 0.25) is 11.8 Å². The minimum atomic E-state index is -0.937. The number of carbonyl (C=O) groups is 3. The van der Waals surface area contributed by atoms with Crippen molar-refractivity contribution in [1.29, 1.82) is 0 Å². The molecule has 0 unspecified atom stereocenters. The molecular formula is C46H58N10O4. The van der Waals surface area contributed by atoms with Gasteiger partial charge in [-0.05, 0) is 124 Å². The van der Waals surface area contributed by atoms with E-state index in [0.29, 0.717) is 64.4 Å². The summed E-state index contributed by atoms with van der Waals surface area (Å²) in [5.41, 5.74) is 5.33. The number of nitrogens with one attached hydrogen (secondary N) is 4. The second-order valence-corrected chi connectivity index (χ2v) is 17.0. The standard InChI is InChI=1S/C46H58N10O4/c1-3-16-53-17-10-32(11-18-53)27-41(45(59)55-23-21-54(22-24-55)37-8-14-47-15-9-37)50-44(58)40(28-33-25-31(2)42-36(26-33)30-48-52-42)51-46(60)56-19-12-34(13-20-56)38-29-35-6-4-5-7-39(35)49-43(38)57/h4-9,14-15,25-26,29-30,32,34,40-41H,3,10-13,16-24,27-28H2,1-2H3,(H,48,52)(H,49,57)(H,50,58)(H,51,60)/t40-,41+/m0/s1. The average Bonchev–Trinajstić information content (AvgIpc) is 3.76.